The molecule has 0 aromatic heterocycles. The monoisotopic (exact) mass is 306 g/mol. The average molecular weight is 306 g/mol. The summed E-state index contributed by atoms with van der Waals surface area (Å²) < 4.78 is 25.7. The van der Waals surface area contributed by atoms with Gasteiger partial charge >= 0.3 is 0 Å². The van der Waals surface area contributed by atoms with Gasteiger partial charge in [-0.05, 0) is 25.2 Å². The molecule has 0 atom stereocenters. The van der Waals surface area contributed by atoms with Crippen LogP contribution in [0.2, 0.25) is 0 Å². The lowest BCUT2D eigenvalue weighted by atomic mass is 10.2. The standard InChI is InChI=1S/2C9H12FN/c2*1-2-11-7-8-5-3-4-6-9(8)10/h2*3-6,11H,2,7H2,1H3. The van der Waals surface area contributed by atoms with Gasteiger partial charge in [-0.1, -0.05) is 50.2 Å². The van der Waals surface area contributed by atoms with Crippen LogP contribution in [0.15, 0.2) is 48.5 Å². The highest BCUT2D eigenvalue weighted by atomic mass is 19.1. The van der Waals surface area contributed by atoms with Gasteiger partial charge in [0, 0.05) is 24.2 Å². The van der Waals surface area contributed by atoms with E-state index in [2.05, 4.69) is 10.6 Å². The highest BCUT2D eigenvalue weighted by molar-refractivity contribution is 5.17. The second-order valence-corrected chi connectivity index (χ2v) is 4.74. The molecule has 0 aliphatic carbocycles. The van der Waals surface area contributed by atoms with Crippen LogP contribution in [-0.2, 0) is 13.1 Å². The number of halogens is 2. The van der Waals surface area contributed by atoms with Crippen molar-refractivity contribution in [1.82, 2.24) is 10.6 Å². The molecule has 0 aliphatic rings. The van der Waals surface area contributed by atoms with Crippen LogP contribution in [0.4, 0.5) is 8.78 Å². The first-order valence-corrected chi connectivity index (χ1v) is 7.57. The van der Waals surface area contributed by atoms with Crippen LogP contribution in [0.1, 0.15) is 25.0 Å². The van der Waals surface area contributed by atoms with Gasteiger partial charge in [0.2, 0.25) is 0 Å². The topological polar surface area (TPSA) is 24.1 Å². The van der Waals surface area contributed by atoms with E-state index >= 15 is 0 Å². The fourth-order valence-electron chi connectivity index (χ4n) is 1.80. The zero-order valence-electron chi connectivity index (χ0n) is 13.2. The highest BCUT2D eigenvalue weighted by Gasteiger charge is 1.97. The van der Waals surface area contributed by atoms with Gasteiger partial charge < -0.3 is 10.6 Å². The first kappa shape index (κ1) is 18.3. The summed E-state index contributed by atoms with van der Waals surface area (Å²) in [5.74, 6) is -0.262. The molecule has 0 heterocycles. The third-order valence-electron chi connectivity index (χ3n) is 3.05. The molecule has 0 unspecified atom stereocenters. The molecule has 0 spiro atoms. The molecule has 4 heteroatoms. The Balaban J connectivity index is 0.000000220. The number of rotatable bonds is 6. The minimum atomic E-state index is -0.131. The predicted molar refractivity (Wildman–Crippen MR) is 87.6 cm³/mol. The van der Waals surface area contributed by atoms with Gasteiger partial charge in [-0.3, -0.25) is 0 Å². The first-order valence-electron chi connectivity index (χ1n) is 7.57. The van der Waals surface area contributed by atoms with Crippen molar-refractivity contribution in [3.8, 4) is 0 Å². The van der Waals surface area contributed by atoms with Crippen molar-refractivity contribution in [2.75, 3.05) is 13.1 Å². The third kappa shape index (κ3) is 6.78. The molecule has 2 N–H and O–H groups in total. The van der Waals surface area contributed by atoms with Crippen LogP contribution < -0.4 is 10.6 Å². The Kier molecular flexibility index (Phi) is 9.03. The minimum Gasteiger partial charge on any atom is -0.313 e. The van der Waals surface area contributed by atoms with E-state index in [-0.39, 0.29) is 11.6 Å². The Morgan fingerprint density at radius 1 is 0.682 bits per heavy atom. The van der Waals surface area contributed by atoms with E-state index in [0.29, 0.717) is 13.1 Å². The zero-order chi connectivity index (χ0) is 16.2. The molecule has 22 heavy (non-hydrogen) atoms. The minimum absolute atomic E-state index is 0.131. The fourth-order valence-corrected chi connectivity index (χ4v) is 1.80. The summed E-state index contributed by atoms with van der Waals surface area (Å²) in [4.78, 5) is 0. The lowest BCUT2D eigenvalue weighted by Gasteiger charge is -2.01. The van der Waals surface area contributed by atoms with E-state index in [0.717, 1.165) is 24.2 Å². The summed E-state index contributed by atoms with van der Waals surface area (Å²) in [5.41, 5.74) is 1.46. The van der Waals surface area contributed by atoms with Crippen LogP contribution >= 0.6 is 0 Å². The van der Waals surface area contributed by atoms with Crippen LogP contribution in [0.5, 0.6) is 0 Å². The Labute approximate surface area is 131 Å². The third-order valence-corrected chi connectivity index (χ3v) is 3.05. The Hall–Kier alpha value is -1.78. The Morgan fingerprint density at radius 2 is 1.05 bits per heavy atom. The van der Waals surface area contributed by atoms with Crippen LogP contribution in [0.25, 0.3) is 0 Å². The van der Waals surface area contributed by atoms with E-state index in [4.69, 9.17) is 0 Å². The molecule has 0 saturated heterocycles. The van der Waals surface area contributed by atoms with Gasteiger partial charge in [-0.15, -0.1) is 0 Å². The van der Waals surface area contributed by atoms with Crippen LogP contribution in [0, 0.1) is 11.6 Å². The molecular weight excluding hydrogens is 282 g/mol. The molecule has 2 aromatic rings. The van der Waals surface area contributed by atoms with Gasteiger partial charge in [0.15, 0.2) is 0 Å². The van der Waals surface area contributed by atoms with Gasteiger partial charge in [-0.2, -0.15) is 0 Å². The van der Waals surface area contributed by atoms with Crippen molar-refractivity contribution in [3.05, 3.63) is 71.3 Å². The van der Waals surface area contributed by atoms with Gasteiger partial charge in [-0.25, -0.2) is 8.78 Å². The van der Waals surface area contributed by atoms with E-state index in [1.165, 1.54) is 12.1 Å². The van der Waals surface area contributed by atoms with Crippen LogP contribution in [-0.4, -0.2) is 13.1 Å². The largest absolute Gasteiger partial charge is 0.313 e. The van der Waals surface area contributed by atoms with E-state index in [1.54, 1.807) is 24.3 Å². The fraction of sp³-hybridized carbons (Fsp3) is 0.333. The molecule has 0 aliphatic heterocycles. The second-order valence-electron chi connectivity index (χ2n) is 4.74. The Bertz CT molecular complexity index is 495. The summed E-state index contributed by atoms with van der Waals surface area (Å²) in [7, 11) is 0. The lowest BCUT2D eigenvalue weighted by Crippen LogP contribution is -2.12. The van der Waals surface area contributed by atoms with E-state index < -0.39 is 0 Å². The molecular formula is C18H24F2N2. The van der Waals surface area contributed by atoms with Crippen molar-refractivity contribution in [2.45, 2.75) is 26.9 Å². The van der Waals surface area contributed by atoms with Gasteiger partial charge in [0.1, 0.15) is 11.6 Å². The average Bonchev–Trinajstić information content (AvgIpc) is 2.54. The number of nitrogens with one attached hydrogen (secondary N) is 2. The maximum atomic E-state index is 12.9. The Morgan fingerprint density at radius 3 is 1.36 bits per heavy atom. The molecule has 0 radical (unpaired) electrons. The van der Waals surface area contributed by atoms with Crippen LogP contribution in [0.3, 0.4) is 0 Å². The molecule has 0 bridgehead atoms. The molecule has 2 nitrogen and oxygen atoms in total. The van der Waals surface area contributed by atoms with Crippen molar-refractivity contribution in [2.24, 2.45) is 0 Å². The molecule has 2 aromatic carbocycles. The van der Waals surface area contributed by atoms with Gasteiger partial charge in [0.05, 0.1) is 0 Å². The number of hydrogen-bond acceptors (Lipinski definition) is 2. The summed E-state index contributed by atoms with van der Waals surface area (Å²) in [6, 6.07) is 13.6. The van der Waals surface area contributed by atoms with E-state index in [9.17, 15) is 8.78 Å². The normalized spacial score (nSPS) is 10.0. The van der Waals surface area contributed by atoms with Crippen molar-refractivity contribution < 1.29 is 8.78 Å². The zero-order valence-corrected chi connectivity index (χ0v) is 13.2. The van der Waals surface area contributed by atoms with Crippen molar-refractivity contribution in [3.63, 3.8) is 0 Å². The second kappa shape index (κ2) is 10.9. The summed E-state index contributed by atoms with van der Waals surface area (Å²) >= 11 is 0. The quantitative estimate of drug-likeness (QED) is 0.846. The smallest absolute Gasteiger partial charge is 0.127 e. The number of benzene rings is 2. The number of hydrogen-bond donors (Lipinski definition) is 2. The molecule has 0 saturated carbocycles. The van der Waals surface area contributed by atoms with Gasteiger partial charge in [0.25, 0.3) is 0 Å². The summed E-state index contributed by atoms with van der Waals surface area (Å²) in [6.45, 7) is 6.97. The first-order chi connectivity index (χ1) is 10.7. The maximum absolute atomic E-state index is 12.9. The van der Waals surface area contributed by atoms with Crippen molar-refractivity contribution in [1.29, 1.82) is 0 Å². The molecule has 120 valence electrons. The summed E-state index contributed by atoms with van der Waals surface area (Å²) in [6.07, 6.45) is 0. The summed E-state index contributed by atoms with van der Waals surface area (Å²) in [5, 5.41) is 6.13. The predicted octanol–water partition coefficient (Wildman–Crippen LogP) is 3.87. The highest BCUT2D eigenvalue weighted by Crippen LogP contribution is 2.05. The lowest BCUT2D eigenvalue weighted by molar-refractivity contribution is 0.593. The molecule has 0 fully saturated rings. The SMILES string of the molecule is CCNCc1ccccc1F.CCNCc1ccccc1F. The van der Waals surface area contributed by atoms with E-state index in [1.807, 2.05) is 26.0 Å². The van der Waals surface area contributed by atoms with Crippen molar-refractivity contribution >= 4 is 0 Å². The maximum Gasteiger partial charge on any atom is 0.127 e. The molecule has 0 amide bonds. The molecule has 2 rings (SSSR count).